The maximum atomic E-state index is 12.6. The van der Waals surface area contributed by atoms with E-state index >= 15 is 0 Å². The van der Waals surface area contributed by atoms with Crippen molar-refractivity contribution in [2.45, 2.75) is 12.3 Å². The highest BCUT2D eigenvalue weighted by atomic mass is 79.9. The molecule has 0 unspecified atom stereocenters. The Bertz CT molecular complexity index is 390. The van der Waals surface area contributed by atoms with E-state index in [1.807, 2.05) is 0 Å². The van der Waals surface area contributed by atoms with Crippen LogP contribution in [0.3, 0.4) is 0 Å². The summed E-state index contributed by atoms with van der Waals surface area (Å²) in [7, 11) is 0. The van der Waals surface area contributed by atoms with Gasteiger partial charge < -0.3 is 0 Å². The van der Waals surface area contributed by atoms with Gasteiger partial charge in [0.25, 0.3) is 6.43 Å². The molecule has 14 heavy (non-hydrogen) atoms. The van der Waals surface area contributed by atoms with Crippen LogP contribution in [0, 0.1) is 11.3 Å². The van der Waals surface area contributed by atoms with E-state index < -0.39 is 6.43 Å². The van der Waals surface area contributed by atoms with E-state index in [4.69, 9.17) is 16.9 Å². The summed E-state index contributed by atoms with van der Waals surface area (Å²) in [4.78, 5) is 3.74. The molecule has 1 heterocycles. The van der Waals surface area contributed by atoms with Gasteiger partial charge in [0.2, 0.25) is 0 Å². The SMILES string of the molecule is N#Cc1c(Br)ncc(CCl)c1C(F)F. The Morgan fingerprint density at radius 2 is 2.29 bits per heavy atom. The summed E-state index contributed by atoms with van der Waals surface area (Å²) in [5.74, 6) is -0.0887. The second kappa shape index (κ2) is 4.67. The molecule has 0 amide bonds. The third kappa shape index (κ3) is 2.02. The van der Waals surface area contributed by atoms with E-state index in [9.17, 15) is 8.78 Å². The van der Waals surface area contributed by atoms with Gasteiger partial charge in [-0.05, 0) is 21.5 Å². The lowest BCUT2D eigenvalue weighted by Gasteiger charge is -2.08. The molecule has 0 radical (unpaired) electrons. The molecular weight excluding hydrogens is 277 g/mol. The minimum absolute atomic E-state index is 0.0887. The Labute approximate surface area is 92.6 Å². The average Bonchev–Trinajstić information content (AvgIpc) is 2.17. The van der Waals surface area contributed by atoms with Gasteiger partial charge in [0, 0.05) is 17.6 Å². The predicted octanol–water partition coefficient (Wildman–Crippen LogP) is 3.39. The zero-order chi connectivity index (χ0) is 10.7. The molecule has 0 bridgehead atoms. The van der Waals surface area contributed by atoms with Gasteiger partial charge in [-0.3, -0.25) is 0 Å². The molecule has 0 N–H and O–H groups in total. The average molecular weight is 281 g/mol. The van der Waals surface area contributed by atoms with Crippen LogP contribution in [0.15, 0.2) is 10.8 Å². The van der Waals surface area contributed by atoms with E-state index in [0.29, 0.717) is 0 Å². The van der Waals surface area contributed by atoms with Crippen LogP contribution in [0.2, 0.25) is 0 Å². The maximum Gasteiger partial charge on any atom is 0.265 e. The summed E-state index contributed by atoms with van der Waals surface area (Å²) in [6.07, 6.45) is -1.49. The summed E-state index contributed by atoms with van der Waals surface area (Å²) in [6.45, 7) is 0. The molecule has 0 aliphatic carbocycles. The summed E-state index contributed by atoms with van der Waals surface area (Å²) in [5, 5.41) is 8.67. The van der Waals surface area contributed by atoms with Crippen molar-refractivity contribution in [2.75, 3.05) is 0 Å². The van der Waals surface area contributed by atoms with E-state index in [0.717, 1.165) is 0 Å². The van der Waals surface area contributed by atoms with Crippen LogP contribution in [-0.2, 0) is 5.88 Å². The maximum absolute atomic E-state index is 12.6. The van der Waals surface area contributed by atoms with Crippen molar-refractivity contribution in [1.82, 2.24) is 4.98 Å². The highest BCUT2D eigenvalue weighted by Gasteiger charge is 2.20. The molecule has 1 rings (SSSR count). The standard InChI is InChI=1S/C8H4BrClF2N2/c9-7-5(2-13)6(8(11)12)4(1-10)3-14-7/h3,8H,1H2. The number of halogens is 4. The Morgan fingerprint density at radius 1 is 1.64 bits per heavy atom. The molecule has 1 aromatic heterocycles. The molecule has 0 spiro atoms. The quantitative estimate of drug-likeness (QED) is 0.615. The molecular formula is C8H4BrClF2N2. The summed E-state index contributed by atoms with van der Waals surface area (Å²) < 4.78 is 25.3. The molecule has 0 atom stereocenters. The predicted molar refractivity (Wildman–Crippen MR) is 51.2 cm³/mol. The molecule has 0 aromatic carbocycles. The second-order valence-corrected chi connectivity index (χ2v) is 3.43. The Hall–Kier alpha value is -0.730. The van der Waals surface area contributed by atoms with Gasteiger partial charge in [-0.15, -0.1) is 11.6 Å². The van der Waals surface area contributed by atoms with Gasteiger partial charge in [-0.1, -0.05) is 0 Å². The number of nitrogens with zero attached hydrogens (tertiary/aromatic N) is 2. The van der Waals surface area contributed by atoms with Crippen molar-refractivity contribution in [2.24, 2.45) is 0 Å². The van der Waals surface area contributed by atoms with Crippen LogP contribution >= 0.6 is 27.5 Å². The van der Waals surface area contributed by atoms with Crippen molar-refractivity contribution in [3.8, 4) is 6.07 Å². The van der Waals surface area contributed by atoms with Crippen molar-refractivity contribution in [3.63, 3.8) is 0 Å². The van der Waals surface area contributed by atoms with E-state index in [-0.39, 0.29) is 27.2 Å². The fourth-order valence-electron chi connectivity index (χ4n) is 1.00. The molecule has 0 aliphatic heterocycles. The second-order valence-electron chi connectivity index (χ2n) is 2.41. The van der Waals surface area contributed by atoms with E-state index in [2.05, 4.69) is 20.9 Å². The minimum Gasteiger partial charge on any atom is -0.248 e. The van der Waals surface area contributed by atoms with Crippen LogP contribution in [0.1, 0.15) is 23.1 Å². The molecule has 0 aliphatic rings. The van der Waals surface area contributed by atoms with Crippen molar-refractivity contribution in [1.29, 1.82) is 5.26 Å². The number of nitriles is 1. The number of hydrogen-bond donors (Lipinski definition) is 0. The number of hydrogen-bond acceptors (Lipinski definition) is 2. The van der Waals surface area contributed by atoms with Gasteiger partial charge in [0.15, 0.2) is 0 Å². The Morgan fingerprint density at radius 3 is 2.71 bits per heavy atom. The zero-order valence-corrected chi connectivity index (χ0v) is 9.11. The first-order chi connectivity index (χ1) is 6.61. The Balaban J connectivity index is 3.46. The molecule has 0 saturated heterocycles. The number of rotatable bonds is 2. The smallest absolute Gasteiger partial charge is 0.248 e. The highest BCUT2D eigenvalue weighted by Crippen LogP contribution is 2.30. The van der Waals surface area contributed by atoms with E-state index in [1.54, 1.807) is 6.07 Å². The van der Waals surface area contributed by atoms with Crippen LogP contribution < -0.4 is 0 Å². The molecule has 0 fully saturated rings. The van der Waals surface area contributed by atoms with Crippen LogP contribution in [0.5, 0.6) is 0 Å². The molecule has 74 valence electrons. The fraction of sp³-hybridized carbons (Fsp3) is 0.250. The monoisotopic (exact) mass is 280 g/mol. The fourth-order valence-corrected chi connectivity index (χ4v) is 1.62. The normalized spacial score (nSPS) is 10.3. The first-order valence-electron chi connectivity index (χ1n) is 3.53. The van der Waals surface area contributed by atoms with Crippen molar-refractivity contribution < 1.29 is 8.78 Å². The molecule has 6 heteroatoms. The summed E-state index contributed by atoms with van der Waals surface area (Å²) in [6, 6.07) is 1.67. The van der Waals surface area contributed by atoms with Crippen LogP contribution in [-0.4, -0.2) is 4.98 Å². The lowest BCUT2D eigenvalue weighted by molar-refractivity contribution is 0.150. The number of pyridine rings is 1. The van der Waals surface area contributed by atoms with Crippen molar-refractivity contribution >= 4 is 27.5 Å². The third-order valence-corrected chi connectivity index (χ3v) is 2.52. The Kier molecular flexibility index (Phi) is 3.78. The lowest BCUT2D eigenvalue weighted by atomic mass is 10.1. The van der Waals surface area contributed by atoms with Gasteiger partial charge >= 0.3 is 0 Å². The zero-order valence-electron chi connectivity index (χ0n) is 6.77. The summed E-state index contributed by atoms with van der Waals surface area (Å²) in [5.41, 5.74) is -0.316. The summed E-state index contributed by atoms with van der Waals surface area (Å²) >= 11 is 8.39. The van der Waals surface area contributed by atoms with Crippen LogP contribution in [0.25, 0.3) is 0 Å². The van der Waals surface area contributed by atoms with Gasteiger partial charge in [0.05, 0.1) is 5.56 Å². The lowest BCUT2D eigenvalue weighted by Crippen LogP contribution is -2.00. The molecule has 1 aromatic rings. The third-order valence-electron chi connectivity index (χ3n) is 1.63. The molecule has 2 nitrogen and oxygen atoms in total. The van der Waals surface area contributed by atoms with Gasteiger partial charge in [-0.25, -0.2) is 13.8 Å². The number of alkyl halides is 3. The van der Waals surface area contributed by atoms with E-state index in [1.165, 1.54) is 6.20 Å². The van der Waals surface area contributed by atoms with Crippen LogP contribution in [0.4, 0.5) is 8.78 Å². The minimum atomic E-state index is -2.72. The highest BCUT2D eigenvalue weighted by molar-refractivity contribution is 9.10. The largest absolute Gasteiger partial charge is 0.265 e. The van der Waals surface area contributed by atoms with Gasteiger partial charge in [-0.2, -0.15) is 5.26 Å². The van der Waals surface area contributed by atoms with Gasteiger partial charge in [0.1, 0.15) is 10.7 Å². The first-order valence-corrected chi connectivity index (χ1v) is 4.86. The molecule has 0 saturated carbocycles. The number of aromatic nitrogens is 1. The first kappa shape index (κ1) is 11.3. The topological polar surface area (TPSA) is 36.7 Å². The van der Waals surface area contributed by atoms with Crippen molar-refractivity contribution in [3.05, 3.63) is 27.5 Å².